The second-order valence-corrected chi connectivity index (χ2v) is 6.41. The number of hydrogen-bond donors (Lipinski definition) is 1. The van der Waals surface area contributed by atoms with E-state index in [9.17, 15) is 10.1 Å². The van der Waals surface area contributed by atoms with E-state index >= 15 is 0 Å². The number of halogens is 2. The van der Waals surface area contributed by atoms with Crippen LogP contribution < -0.4 is 4.84 Å². The number of hydrogen-bond acceptors (Lipinski definition) is 5. The number of nitrogens with one attached hydrogen (secondary N) is 1. The van der Waals surface area contributed by atoms with Crippen molar-refractivity contribution < 1.29 is 14.3 Å². The van der Waals surface area contributed by atoms with Gasteiger partial charge in [0.15, 0.2) is 0 Å². The molecule has 0 bridgehead atoms. The standard InChI is InChI=1S/C17H20Cl2N2O3/c1-2-24-16(22)10-15(21-19)12-7-13(9-14(18)8-12)17(11-20)3-5-23-6-4-17/h7-9,15,21H,2-6,10H2,1H3/t15-/m0/s1. The molecule has 5 nitrogen and oxygen atoms in total. The lowest BCUT2D eigenvalue weighted by molar-refractivity contribution is -0.143. The van der Waals surface area contributed by atoms with Crippen LogP contribution in [0.2, 0.25) is 5.02 Å². The maximum absolute atomic E-state index is 11.8. The van der Waals surface area contributed by atoms with E-state index in [0.29, 0.717) is 37.7 Å². The monoisotopic (exact) mass is 370 g/mol. The topological polar surface area (TPSA) is 71.3 Å². The van der Waals surface area contributed by atoms with Gasteiger partial charge in [-0.1, -0.05) is 17.7 Å². The molecule has 1 aromatic carbocycles. The first-order chi connectivity index (χ1) is 11.5. The van der Waals surface area contributed by atoms with E-state index in [0.717, 1.165) is 11.1 Å². The molecule has 1 fully saturated rings. The molecule has 0 amide bonds. The molecule has 1 aromatic rings. The zero-order valence-electron chi connectivity index (χ0n) is 13.5. The van der Waals surface area contributed by atoms with Crippen LogP contribution in [0.4, 0.5) is 0 Å². The molecule has 1 heterocycles. The fourth-order valence-corrected chi connectivity index (χ4v) is 3.33. The van der Waals surface area contributed by atoms with E-state index < -0.39 is 11.5 Å². The van der Waals surface area contributed by atoms with Gasteiger partial charge in [-0.25, -0.2) is 4.84 Å². The van der Waals surface area contributed by atoms with E-state index in [1.807, 2.05) is 6.07 Å². The number of nitriles is 1. The second kappa shape index (κ2) is 8.68. The van der Waals surface area contributed by atoms with Gasteiger partial charge in [-0.2, -0.15) is 5.26 Å². The fraction of sp³-hybridized carbons (Fsp3) is 0.529. The normalized spacial score (nSPS) is 17.8. The first-order valence-electron chi connectivity index (χ1n) is 7.86. The third-order valence-corrected chi connectivity index (χ3v) is 4.72. The Morgan fingerprint density at radius 1 is 1.46 bits per heavy atom. The Bertz CT molecular complexity index is 625. The van der Waals surface area contributed by atoms with E-state index in [1.165, 1.54) is 0 Å². The minimum Gasteiger partial charge on any atom is -0.466 e. The minimum atomic E-state index is -0.626. The summed E-state index contributed by atoms with van der Waals surface area (Å²) in [6.07, 6.45) is 1.31. The Kier molecular flexibility index (Phi) is 6.88. The van der Waals surface area contributed by atoms with Crippen molar-refractivity contribution in [3.63, 3.8) is 0 Å². The first kappa shape index (κ1) is 19.0. The highest BCUT2D eigenvalue weighted by atomic mass is 35.5. The molecule has 2 rings (SSSR count). The lowest BCUT2D eigenvalue weighted by atomic mass is 9.75. The van der Waals surface area contributed by atoms with Gasteiger partial charge in [0.2, 0.25) is 0 Å². The van der Waals surface area contributed by atoms with Crippen molar-refractivity contribution in [2.24, 2.45) is 0 Å². The molecule has 1 atom stereocenters. The molecule has 0 aliphatic carbocycles. The van der Waals surface area contributed by atoms with Crippen molar-refractivity contribution in [1.82, 2.24) is 4.84 Å². The van der Waals surface area contributed by atoms with Gasteiger partial charge in [0, 0.05) is 18.2 Å². The van der Waals surface area contributed by atoms with E-state index in [2.05, 4.69) is 10.9 Å². The number of carbonyl (C=O) groups is 1. The number of carbonyl (C=O) groups excluding carboxylic acids is 1. The van der Waals surface area contributed by atoms with E-state index in [1.54, 1.807) is 19.1 Å². The molecule has 1 saturated heterocycles. The molecule has 7 heteroatoms. The smallest absolute Gasteiger partial charge is 0.307 e. The molecule has 0 radical (unpaired) electrons. The van der Waals surface area contributed by atoms with Crippen molar-refractivity contribution in [3.8, 4) is 6.07 Å². The number of esters is 1. The molecule has 1 aliphatic heterocycles. The molecule has 1 N–H and O–H groups in total. The number of benzene rings is 1. The van der Waals surface area contributed by atoms with Crippen molar-refractivity contribution in [3.05, 3.63) is 34.3 Å². The Morgan fingerprint density at radius 3 is 2.75 bits per heavy atom. The Morgan fingerprint density at radius 2 is 2.17 bits per heavy atom. The molecule has 130 valence electrons. The van der Waals surface area contributed by atoms with Crippen molar-refractivity contribution in [2.45, 2.75) is 37.6 Å². The number of rotatable bonds is 6. The minimum absolute atomic E-state index is 0.0831. The summed E-state index contributed by atoms with van der Waals surface area (Å²) in [5.41, 5.74) is 0.955. The van der Waals surface area contributed by atoms with Gasteiger partial charge in [0.1, 0.15) is 0 Å². The summed E-state index contributed by atoms with van der Waals surface area (Å²) in [6, 6.07) is 7.41. The molecule has 0 unspecified atom stereocenters. The van der Waals surface area contributed by atoms with Crippen LogP contribution in [0, 0.1) is 11.3 Å². The SMILES string of the molecule is CCOC(=O)C[C@H](NCl)c1cc(Cl)cc(C2(C#N)CCOCC2)c1. The Hall–Kier alpha value is -1.32. The van der Waals surface area contributed by atoms with Crippen LogP contribution in [0.25, 0.3) is 0 Å². The first-order valence-corrected chi connectivity index (χ1v) is 8.62. The highest BCUT2D eigenvalue weighted by Crippen LogP contribution is 2.37. The molecule has 0 aromatic heterocycles. The number of ether oxygens (including phenoxy) is 2. The van der Waals surface area contributed by atoms with E-state index in [-0.39, 0.29) is 12.4 Å². The summed E-state index contributed by atoms with van der Waals surface area (Å²) in [7, 11) is 0. The van der Waals surface area contributed by atoms with Gasteiger partial charge in [0.05, 0.1) is 30.6 Å². The largest absolute Gasteiger partial charge is 0.466 e. The molecular formula is C17H20Cl2N2O3. The quantitative estimate of drug-likeness (QED) is 0.611. The van der Waals surface area contributed by atoms with Crippen LogP contribution in [0.5, 0.6) is 0 Å². The summed E-state index contributed by atoms with van der Waals surface area (Å²) in [5.74, 6) is -0.349. The van der Waals surface area contributed by atoms with Gasteiger partial charge in [-0.05, 0) is 54.8 Å². The molecular weight excluding hydrogens is 351 g/mol. The number of nitrogens with zero attached hydrogens (tertiary/aromatic N) is 1. The predicted octanol–water partition coefficient (Wildman–Crippen LogP) is 3.65. The van der Waals surface area contributed by atoms with Gasteiger partial charge in [-0.3, -0.25) is 4.79 Å². The predicted molar refractivity (Wildman–Crippen MR) is 91.8 cm³/mol. The highest BCUT2D eigenvalue weighted by molar-refractivity contribution is 6.30. The third-order valence-electron chi connectivity index (χ3n) is 4.24. The van der Waals surface area contributed by atoms with Crippen molar-refractivity contribution in [2.75, 3.05) is 19.8 Å². The average Bonchev–Trinajstić information content (AvgIpc) is 2.60. The molecule has 1 aliphatic rings. The highest BCUT2D eigenvalue weighted by Gasteiger charge is 2.35. The van der Waals surface area contributed by atoms with E-state index in [4.69, 9.17) is 32.9 Å². The second-order valence-electron chi connectivity index (χ2n) is 5.75. The van der Waals surface area contributed by atoms with Crippen LogP contribution in [-0.2, 0) is 19.7 Å². The van der Waals surface area contributed by atoms with Crippen LogP contribution in [0.15, 0.2) is 18.2 Å². The van der Waals surface area contributed by atoms with Gasteiger partial charge >= 0.3 is 5.97 Å². The van der Waals surface area contributed by atoms with Crippen LogP contribution in [0.1, 0.15) is 43.4 Å². The maximum Gasteiger partial charge on any atom is 0.307 e. The summed E-state index contributed by atoms with van der Waals surface area (Å²) >= 11 is 12.1. The Balaban J connectivity index is 2.33. The van der Waals surface area contributed by atoms with Crippen LogP contribution in [0.3, 0.4) is 0 Å². The average molecular weight is 371 g/mol. The maximum atomic E-state index is 11.8. The van der Waals surface area contributed by atoms with Gasteiger partial charge in [0.25, 0.3) is 0 Å². The van der Waals surface area contributed by atoms with Crippen LogP contribution in [-0.4, -0.2) is 25.8 Å². The molecule has 0 spiro atoms. The third kappa shape index (κ3) is 4.40. The summed E-state index contributed by atoms with van der Waals surface area (Å²) in [5, 5.41) is 10.2. The van der Waals surface area contributed by atoms with Crippen LogP contribution >= 0.6 is 23.4 Å². The summed E-state index contributed by atoms with van der Waals surface area (Å²) in [4.78, 5) is 14.4. The zero-order chi connectivity index (χ0) is 17.6. The Labute approximate surface area is 151 Å². The van der Waals surface area contributed by atoms with Crippen molar-refractivity contribution >= 4 is 29.3 Å². The molecule has 24 heavy (non-hydrogen) atoms. The summed E-state index contributed by atoms with van der Waals surface area (Å²) in [6.45, 7) is 3.14. The summed E-state index contributed by atoms with van der Waals surface area (Å²) < 4.78 is 10.4. The van der Waals surface area contributed by atoms with Gasteiger partial charge in [-0.15, -0.1) is 0 Å². The van der Waals surface area contributed by atoms with Crippen molar-refractivity contribution in [1.29, 1.82) is 5.26 Å². The lowest BCUT2D eigenvalue weighted by Crippen LogP contribution is -2.32. The van der Waals surface area contributed by atoms with Gasteiger partial charge < -0.3 is 9.47 Å². The zero-order valence-corrected chi connectivity index (χ0v) is 15.0. The lowest BCUT2D eigenvalue weighted by Gasteiger charge is -2.32. The molecule has 0 saturated carbocycles. The fourth-order valence-electron chi connectivity index (χ4n) is 2.88.